The van der Waals surface area contributed by atoms with Gasteiger partial charge in [0.2, 0.25) is 0 Å². The number of nitrogens with zero attached hydrogens (tertiary/aromatic N) is 3. The lowest BCUT2D eigenvalue weighted by atomic mass is 9.92. The number of aromatic nitrogens is 3. The summed E-state index contributed by atoms with van der Waals surface area (Å²) >= 11 is 0. The van der Waals surface area contributed by atoms with E-state index in [1.54, 1.807) is 0 Å². The molecule has 10 rings (SSSR count). The molecule has 0 radical (unpaired) electrons. The van der Waals surface area contributed by atoms with E-state index in [4.69, 9.17) is 15.0 Å². The minimum absolute atomic E-state index is 0.916. The molecular formula is C49H31N3. The molecule has 0 aliphatic heterocycles. The Morgan fingerprint density at radius 1 is 0.308 bits per heavy atom. The summed E-state index contributed by atoms with van der Waals surface area (Å²) in [4.78, 5) is 15.3. The van der Waals surface area contributed by atoms with Gasteiger partial charge in [-0.1, -0.05) is 133 Å². The highest BCUT2D eigenvalue weighted by molar-refractivity contribution is 6.01. The van der Waals surface area contributed by atoms with Crippen LogP contribution in [-0.4, -0.2) is 15.0 Å². The molecule has 0 aliphatic rings. The average molecular weight is 662 g/mol. The maximum atomic E-state index is 5.41. The summed E-state index contributed by atoms with van der Waals surface area (Å²) in [6.07, 6.45) is 3.87. The summed E-state index contributed by atoms with van der Waals surface area (Å²) in [5.74, 6) is 0. The van der Waals surface area contributed by atoms with Crippen LogP contribution >= 0.6 is 0 Å². The molecule has 0 N–H and O–H groups in total. The van der Waals surface area contributed by atoms with Crippen LogP contribution in [-0.2, 0) is 0 Å². The number of benzene rings is 7. The van der Waals surface area contributed by atoms with Crippen LogP contribution in [0.15, 0.2) is 188 Å². The fourth-order valence-electron chi connectivity index (χ4n) is 7.54. The summed E-state index contributed by atoms with van der Waals surface area (Å²) in [5, 5.41) is 9.27. The third-order valence-corrected chi connectivity index (χ3v) is 10.1. The van der Waals surface area contributed by atoms with Crippen LogP contribution in [0.1, 0.15) is 0 Å². The Morgan fingerprint density at radius 2 is 0.808 bits per heavy atom. The maximum Gasteiger partial charge on any atom is 0.0780 e. The van der Waals surface area contributed by atoms with Gasteiger partial charge in [0.15, 0.2) is 0 Å². The van der Waals surface area contributed by atoms with E-state index in [2.05, 4.69) is 176 Å². The molecular weight excluding hydrogens is 631 g/mol. The topological polar surface area (TPSA) is 38.7 Å². The molecule has 3 heterocycles. The van der Waals surface area contributed by atoms with Gasteiger partial charge < -0.3 is 0 Å². The van der Waals surface area contributed by atoms with E-state index in [9.17, 15) is 0 Å². The SMILES string of the molecule is c1ccc2cc(-c3cc(-c4cc(-c5cccc6ccccc56)nc(-c5cccc6ccccc56)c4)cc(-c4nccc5ccccc45)c3)ncc2c1. The molecule has 242 valence electrons. The van der Waals surface area contributed by atoms with E-state index in [-0.39, 0.29) is 0 Å². The third-order valence-electron chi connectivity index (χ3n) is 10.1. The van der Waals surface area contributed by atoms with Crippen LogP contribution in [0.4, 0.5) is 0 Å². The Kier molecular flexibility index (Phi) is 7.14. The fourth-order valence-corrected chi connectivity index (χ4v) is 7.54. The Labute approximate surface area is 301 Å². The van der Waals surface area contributed by atoms with Gasteiger partial charge in [0.05, 0.1) is 22.8 Å². The first-order valence-corrected chi connectivity index (χ1v) is 17.6. The van der Waals surface area contributed by atoms with Crippen molar-refractivity contribution in [2.45, 2.75) is 0 Å². The summed E-state index contributed by atoms with van der Waals surface area (Å²) < 4.78 is 0. The lowest BCUT2D eigenvalue weighted by Crippen LogP contribution is -1.94. The van der Waals surface area contributed by atoms with Gasteiger partial charge in [-0.25, -0.2) is 4.98 Å². The van der Waals surface area contributed by atoms with Crippen molar-refractivity contribution in [2.75, 3.05) is 0 Å². The molecule has 0 atom stereocenters. The predicted octanol–water partition coefficient (Wildman–Crippen LogP) is 12.8. The minimum Gasteiger partial charge on any atom is -0.256 e. The van der Waals surface area contributed by atoms with Crippen molar-refractivity contribution < 1.29 is 0 Å². The molecule has 0 amide bonds. The molecule has 0 saturated carbocycles. The standard InChI is InChI=1S/C49H31N3/c1-2-15-36-31-51-46(28-35(36)14-1)39-25-37(26-40(27-39)49-43-20-8-5-13-34(43)23-24-50-49)38-29-47(44-21-9-16-32-11-3-6-18-41(32)44)52-48(30-38)45-22-10-17-33-12-4-7-19-42(33)45/h1-31H. The molecule has 0 fully saturated rings. The van der Waals surface area contributed by atoms with E-state index in [1.807, 2.05) is 12.4 Å². The van der Waals surface area contributed by atoms with E-state index < -0.39 is 0 Å². The zero-order valence-electron chi connectivity index (χ0n) is 28.2. The molecule has 10 aromatic rings. The van der Waals surface area contributed by atoms with Gasteiger partial charge in [-0.15, -0.1) is 0 Å². The van der Waals surface area contributed by atoms with Crippen LogP contribution < -0.4 is 0 Å². The van der Waals surface area contributed by atoms with E-state index in [1.165, 1.54) is 21.5 Å². The van der Waals surface area contributed by atoms with E-state index >= 15 is 0 Å². The minimum atomic E-state index is 0.916. The Morgan fingerprint density at radius 3 is 1.48 bits per heavy atom. The van der Waals surface area contributed by atoms with Crippen LogP contribution in [0.25, 0.3) is 99.2 Å². The van der Waals surface area contributed by atoms with Gasteiger partial charge in [0.25, 0.3) is 0 Å². The van der Waals surface area contributed by atoms with E-state index in [0.29, 0.717) is 0 Å². The first-order valence-electron chi connectivity index (χ1n) is 17.6. The molecule has 0 saturated heterocycles. The van der Waals surface area contributed by atoms with Gasteiger partial charge >= 0.3 is 0 Å². The van der Waals surface area contributed by atoms with E-state index in [0.717, 1.165) is 77.7 Å². The number of rotatable bonds is 5. The quantitative estimate of drug-likeness (QED) is 0.184. The molecule has 0 spiro atoms. The first-order chi connectivity index (χ1) is 25.7. The predicted molar refractivity (Wildman–Crippen MR) is 217 cm³/mol. The van der Waals surface area contributed by atoms with Gasteiger partial charge in [-0.2, -0.15) is 0 Å². The van der Waals surface area contributed by atoms with Gasteiger partial charge in [0.1, 0.15) is 0 Å². The second-order valence-corrected chi connectivity index (χ2v) is 13.3. The highest BCUT2D eigenvalue weighted by Crippen LogP contribution is 2.39. The lowest BCUT2D eigenvalue weighted by molar-refractivity contribution is 1.33. The molecule has 0 aliphatic carbocycles. The summed E-state index contributed by atoms with van der Waals surface area (Å²) in [5.41, 5.74) is 10.1. The Balaban J connectivity index is 1.26. The van der Waals surface area contributed by atoms with Crippen LogP contribution in [0.5, 0.6) is 0 Å². The second-order valence-electron chi connectivity index (χ2n) is 13.3. The molecule has 3 nitrogen and oxygen atoms in total. The molecule has 52 heavy (non-hydrogen) atoms. The largest absolute Gasteiger partial charge is 0.256 e. The highest BCUT2D eigenvalue weighted by atomic mass is 14.7. The van der Waals surface area contributed by atoms with Crippen molar-refractivity contribution in [3.63, 3.8) is 0 Å². The number of pyridine rings is 3. The summed E-state index contributed by atoms with van der Waals surface area (Å²) in [6.45, 7) is 0. The number of hydrogen-bond acceptors (Lipinski definition) is 3. The summed E-state index contributed by atoms with van der Waals surface area (Å²) in [7, 11) is 0. The Hall–Kier alpha value is -6.97. The van der Waals surface area contributed by atoms with Crippen molar-refractivity contribution in [1.29, 1.82) is 0 Å². The first kappa shape index (κ1) is 29.9. The van der Waals surface area contributed by atoms with Crippen LogP contribution in [0.3, 0.4) is 0 Å². The molecule has 0 bridgehead atoms. The zero-order chi connectivity index (χ0) is 34.4. The molecule has 0 unspecified atom stereocenters. The molecule has 3 aromatic heterocycles. The third kappa shape index (κ3) is 5.28. The fraction of sp³-hybridized carbons (Fsp3) is 0. The maximum absolute atomic E-state index is 5.41. The van der Waals surface area contributed by atoms with Crippen LogP contribution in [0.2, 0.25) is 0 Å². The summed E-state index contributed by atoms with van der Waals surface area (Å²) in [6, 6.07) is 62.4. The number of hydrogen-bond donors (Lipinski definition) is 0. The number of fused-ring (bicyclic) bond motifs is 4. The van der Waals surface area contributed by atoms with Crippen molar-refractivity contribution in [1.82, 2.24) is 15.0 Å². The van der Waals surface area contributed by atoms with Gasteiger partial charge in [-0.05, 0) is 85.9 Å². The lowest BCUT2D eigenvalue weighted by Gasteiger charge is -2.15. The van der Waals surface area contributed by atoms with Gasteiger partial charge in [0, 0.05) is 45.4 Å². The van der Waals surface area contributed by atoms with Crippen molar-refractivity contribution in [2.24, 2.45) is 0 Å². The van der Waals surface area contributed by atoms with Crippen LogP contribution in [0, 0.1) is 0 Å². The average Bonchev–Trinajstić information content (AvgIpc) is 3.22. The highest BCUT2D eigenvalue weighted by Gasteiger charge is 2.16. The van der Waals surface area contributed by atoms with Crippen molar-refractivity contribution >= 4 is 43.1 Å². The normalized spacial score (nSPS) is 11.5. The van der Waals surface area contributed by atoms with Gasteiger partial charge in [-0.3, -0.25) is 9.97 Å². The second kappa shape index (κ2) is 12.4. The van der Waals surface area contributed by atoms with Crippen molar-refractivity contribution in [3.8, 4) is 56.2 Å². The smallest absolute Gasteiger partial charge is 0.0780 e. The van der Waals surface area contributed by atoms with Crippen molar-refractivity contribution in [3.05, 3.63) is 188 Å². The molecule has 7 aromatic carbocycles. The zero-order valence-corrected chi connectivity index (χ0v) is 28.2. The molecule has 3 heteroatoms. The monoisotopic (exact) mass is 661 g/mol. The Bertz CT molecular complexity index is 2870.